The predicted molar refractivity (Wildman–Crippen MR) is 120 cm³/mol. The summed E-state index contributed by atoms with van der Waals surface area (Å²) in [4.78, 5) is 25.3. The normalized spacial score (nSPS) is 19.8. The van der Waals surface area contributed by atoms with Crippen LogP contribution in [0, 0.1) is 0 Å². The monoisotopic (exact) mass is 539 g/mol. The topological polar surface area (TPSA) is 93.4 Å². The molecule has 0 aliphatic heterocycles. The molecule has 0 radical (unpaired) electrons. The van der Waals surface area contributed by atoms with Crippen molar-refractivity contribution in [1.29, 1.82) is 0 Å². The predicted octanol–water partition coefficient (Wildman–Crippen LogP) is 4.94. The van der Waals surface area contributed by atoms with Crippen LogP contribution in [0.4, 0.5) is 31.1 Å². The molecule has 13 heteroatoms. The van der Waals surface area contributed by atoms with Gasteiger partial charge in [0.2, 0.25) is 5.91 Å². The van der Waals surface area contributed by atoms with Crippen LogP contribution in [0.3, 0.4) is 0 Å². The lowest BCUT2D eigenvalue weighted by molar-refractivity contribution is -0.143. The number of rotatable bonds is 6. The Hall–Kier alpha value is -2.99. The van der Waals surface area contributed by atoms with Gasteiger partial charge in [-0.05, 0) is 48.6 Å². The van der Waals surface area contributed by atoms with Crippen LogP contribution in [0.15, 0.2) is 48.5 Å². The number of halogens is 7. The minimum Gasteiger partial charge on any atom is -0.445 e. The molecule has 6 nitrogen and oxygen atoms in total. The van der Waals surface area contributed by atoms with E-state index in [2.05, 4.69) is 10.6 Å². The SMILES string of the molecule is Cl.NC1CC[C@](NC(=O)OCc2ccccc2)(C(=O)NCc2cc(C(F)(F)F)cc(C(F)(F)F)c2)C1. The minimum absolute atomic E-state index is 0. The first-order chi connectivity index (χ1) is 16.3. The van der Waals surface area contributed by atoms with Crippen molar-refractivity contribution in [2.45, 2.75) is 56.3 Å². The van der Waals surface area contributed by atoms with Crippen molar-refractivity contribution >= 4 is 24.4 Å². The van der Waals surface area contributed by atoms with Crippen LogP contribution >= 0.6 is 12.4 Å². The van der Waals surface area contributed by atoms with Crippen LogP contribution in [-0.2, 0) is 35.0 Å². The third-order valence-corrected chi connectivity index (χ3v) is 5.64. The summed E-state index contributed by atoms with van der Waals surface area (Å²) in [5, 5.41) is 4.83. The number of alkyl halides is 6. The molecule has 2 aromatic rings. The van der Waals surface area contributed by atoms with Crippen LogP contribution in [0.2, 0.25) is 0 Å². The van der Waals surface area contributed by atoms with Gasteiger partial charge in [0.15, 0.2) is 0 Å². The number of nitrogens with one attached hydrogen (secondary N) is 2. The van der Waals surface area contributed by atoms with Gasteiger partial charge < -0.3 is 21.1 Å². The Morgan fingerprint density at radius 3 is 2.06 bits per heavy atom. The van der Waals surface area contributed by atoms with Gasteiger partial charge in [-0.15, -0.1) is 12.4 Å². The second-order valence-electron chi connectivity index (χ2n) is 8.37. The smallest absolute Gasteiger partial charge is 0.416 e. The van der Waals surface area contributed by atoms with Crippen LogP contribution in [0.5, 0.6) is 0 Å². The first-order valence-electron chi connectivity index (χ1n) is 10.6. The molecular weight excluding hydrogens is 516 g/mol. The number of carbonyl (C=O) groups is 2. The van der Waals surface area contributed by atoms with E-state index in [0.29, 0.717) is 24.1 Å². The van der Waals surface area contributed by atoms with Crippen LogP contribution < -0.4 is 16.4 Å². The van der Waals surface area contributed by atoms with Gasteiger partial charge in [-0.25, -0.2) is 4.79 Å². The zero-order valence-corrected chi connectivity index (χ0v) is 19.5. The number of alkyl carbamates (subject to hydrolysis) is 1. The molecule has 1 fully saturated rings. The van der Waals surface area contributed by atoms with Gasteiger partial charge in [0.1, 0.15) is 12.1 Å². The molecular formula is C23H24ClF6N3O3. The fraction of sp³-hybridized carbons (Fsp3) is 0.391. The van der Waals surface area contributed by atoms with Crippen LogP contribution in [-0.4, -0.2) is 23.6 Å². The van der Waals surface area contributed by atoms with Crippen molar-refractivity contribution in [1.82, 2.24) is 10.6 Å². The molecule has 1 aliphatic carbocycles. The molecule has 0 saturated heterocycles. The van der Waals surface area contributed by atoms with Crippen molar-refractivity contribution in [3.8, 4) is 0 Å². The lowest BCUT2D eigenvalue weighted by Gasteiger charge is -2.29. The van der Waals surface area contributed by atoms with Gasteiger partial charge in [0.25, 0.3) is 0 Å². The first-order valence-corrected chi connectivity index (χ1v) is 10.6. The van der Waals surface area contributed by atoms with Crippen molar-refractivity contribution in [3.05, 3.63) is 70.8 Å². The molecule has 36 heavy (non-hydrogen) atoms. The van der Waals surface area contributed by atoms with E-state index in [-0.39, 0.29) is 37.9 Å². The van der Waals surface area contributed by atoms with Gasteiger partial charge in [0, 0.05) is 12.6 Å². The van der Waals surface area contributed by atoms with Crippen molar-refractivity contribution < 1.29 is 40.7 Å². The highest BCUT2D eigenvalue weighted by molar-refractivity contribution is 5.90. The van der Waals surface area contributed by atoms with Crippen LogP contribution in [0.25, 0.3) is 0 Å². The Morgan fingerprint density at radius 2 is 1.56 bits per heavy atom. The summed E-state index contributed by atoms with van der Waals surface area (Å²) in [7, 11) is 0. The quantitative estimate of drug-likeness (QED) is 0.453. The van der Waals surface area contributed by atoms with E-state index in [1.54, 1.807) is 30.3 Å². The van der Waals surface area contributed by atoms with E-state index in [1.807, 2.05) is 0 Å². The standard InChI is InChI=1S/C23H23F6N3O3.ClH/c24-22(25,26)16-8-15(9-17(10-16)23(27,28)29)12-31-19(33)21(7-6-18(30)11-21)32-20(34)35-13-14-4-2-1-3-5-14;/h1-5,8-10,18H,6-7,11-13,30H2,(H,31,33)(H,32,34);1H/t18?,21-;/m1./s1. The molecule has 2 aromatic carbocycles. The molecule has 1 aliphatic rings. The number of hydrogen-bond acceptors (Lipinski definition) is 4. The highest BCUT2D eigenvalue weighted by Crippen LogP contribution is 2.36. The molecule has 1 saturated carbocycles. The highest BCUT2D eigenvalue weighted by Gasteiger charge is 2.46. The Morgan fingerprint density at radius 1 is 0.972 bits per heavy atom. The summed E-state index contributed by atoms with van der Waals surface area (Å²) in [5.41, 5.74) is 1.72. The summed E-state index contributed by atoms with van der Waals surface area (Å²) < 4.78 is 83.7. The number of hydrogen-bond donors (Lipinski definition) is 3. The molecule has 0 heterocycles. The summed E-state index contributed by atoms with van der Waals surface area (Å²) in [5.74, 6) is -0.784. The second kappa shape index (κ2) is 11.4. The van der Waals surface area contributed by atoms with E-state index < -0.39 is 59.2 Å². The van der Waals surface area contributed by atoms with Crippen molar-refractivity contribution in [3.63, 3.8) is 0 Å². The maximum atomic E-state index is 13.1. The summed E-state index contributed by atoms with van der Waals surface area (Å²) >= 11 is 0. The average Bonchev–Trinajstić information content (AvgIpc) is 3.16. The largest absolute Gasteiger partial charge is 0.445 e. The lowest BCUT2D eigenvalue weighted by Crippen LogP contribution is -2.57. The molecule has 0 bridgehead atoms. The third kappa shape index (κ3) is 7.50. The van der Waals surface area contributed by atoms with E-state index in [1.165, 1.54) is 0 Å². The Labute approximate surface area is 209 Å². The third-order valence-electron chi connectivity index (χ3n) is 5.64. The highest BCUT2D eigenvalue weighted by atomic mass is 35.5. The number of carbonyl (C=O) groups excluding carboxylic acids is 2. The fourth-order valence-corrected chi connectivity index (χ4v) is 3.89. The maximum absolute atomic E-state index is 13.1. The number of benzene rings is 2. The Balaban J connectivity index is 0.00000456. The molecule has 198 valence electrons. The lowest BCUT2D eigenvalue weighted by atomic mass is 9.95. The fourth-order valence-electron chi connectivity index (χ4n) is 3.89. The summed E-state index contributed by atoms with van der Waals surface area (Å²) in [6, 6.07) is 9.36. The summed E-state index contributed by atoms with van der Waals surface area (Å²) in [6.07, 6.45) is -10.4. The number of amides is 2. The maximum Gasteiger partial charge on any atom is 0.416 e. The van der Waals surface area contributed by atoms with Gasteiger partial charge in [-0.2, -0.15) is 26.3 Å². The number of nitrogens with two attached hydrogens (primary N) is 1. The van der Waals surface area contributed by atoms with Gasteiger partial charge in [-0.1, -0.05) is 30.3 Å². The first kappa shape index (κ1) is 29.2. The number of ether oxygens (including phenoxy) is 1. The Bertz CT molecular complexity index is 1030. The minimum atomic E-state index is -5.01. The molecule has 0 aromatic heterocycles. The molecule has 2 amide bonds. The van der Waals surface area contributed by atoms with E-state index in [4.69, 9.17) is 10.5 Å². The average molecular weight is 540 g/mol. The zero-order valence-electron chi connectivity index (χ0n) is 18.7. The van der Waals surface area contributed by atoms with Crippen molar-refractivity contribution in [2.75, 3.05) is 0 Å². The zero-order chi connectivity index (χ0) is 25.9. The van der Waals surface area contributed by atoms with Gasteiger partial charge in [-0.3, -0.25) is 4.79 Å². The summed E-state index contributed by atoms with van der Waals surface area (Å²) in [6.45, 7) is -0.690. The van der Waals surface area contributed by atoms with E-state index in [0.717, 1.165) is 0 Å². The van der Waals surface area contributed by atoms with Crippen LogP contribution in [0.1, 0.15) is 41.5 Å². The molecule has 4 N–H and O–H groups in total. The van der Waals surface area contributed by atoms with E-state index >= 15 is 0 Å². The van der Waals surface area contributed by atoms with E-state index in [9.17, 15) is 35.9 Å². The van der Waals surface area contributed by atoms with Gasteiger partial charge in [0.05, 0.1) is 11.1 Å². The van der Waals surface area contributed by atoms with Gasteiger partial charge >= 0.3 is 18.4 Å². The molecule has 0 spiro atoms. The second-order valence-corrected chi connectivity index (χ2v) is 8.37. The molecule has 1 unspecified atom stereocenters. The molecule has 3 rings (SSSR count). The molecule has 2 atom stereocenters. The van der Waals surface area contributed by atoms with Crippen molar-refractivity contribution in [2.24, 2.45) is 5.73 Å². The Kier molecular flexibility index (Phi) is 9.24.